The molecule has 2 nitrogen and oxygen atoms in total. The maximum absolute atomic E-state index is 4.96. The van der Waals surface area contributed by atoms with Crippen LogP contribution in [0.3, 0.4) is 0 Å². The first-order chi connectivity index (χ1) is 11.3. The fourth-order valence-corrected chi connectivity index (χ4v) is 3.68. The van der Waals surface area contributed by atoms with Gasteiger partial charge in [-0.2, -0.15) is 0 Å². The lowest BCUT2D eigenvalue weighted by molar-refractivity contribution is 0.848. The molecule has 0 spiro atoms. The molecule has 114 valence electrons. The number of fused-ring (bicyclic) bond motifs is 1. The molecule has 1 aromatic heterocycles. The number of nitrogens with zero attached hydrogens (tertiary/aromatic N) is 1. The Morgan fingerprint density at radius 1 is 1.00 bits per heavy atom. The van der Waals surface area contributed by atoms with Crippen molar-refractivity contribution in [3.05, 3.63) is 82.0 Å². The molecule has 2 heterocycles. The van der Waals surface area contributed by atoms with Gasteiger partial charge in [-0.05, 0) is 36.1 Å². The molecule has 3 heteroatoms. The Morgan fingerprint density at radius 2 is 1.83 bits per heavy atom. The zero-order valence-electron chi connectivity index (χ0n) is 13.0. The molecule has 1 N–H and O–H groups in total. The summed E-state index contributed by atoms with van der Waals surface area (Å²) < 4.78 is 0. The minimum absolute atomic E-state index is 0.263. The number of hydrogen-bond donors (Lipinski definition) is 1. The van der Waals surface area contributed by atoms with Crippen LogP contribution in [0, 0.1) is 6.92 Å². The molecule has 2 aromatic carbocycles. The van der Waals surface area contributed by atoms with Gasteiger partial charge in [0.15, 0.2) is 0 Å². The van der Waals surface area contributed by atoms with E-state index in [0.29, 0.717) is 0 Å². The monoisotopic (exact) mass is 318 g/mol. The number of nitrogens with one attached hydrogen (secondary N) is 1. The highest BCUT2D eigenvalue weighted by atomic mass is 32.1. The molecule has 0 amide bonds. The minimum Gasteiger partial charge on any atom is -0.375 e. The van der Waals surface area contributed by atoms with Gasteiger partial charge in [0.2, 0.25) is 0 Å². The predicted octanol–water partition coefficient (Wildman–Crippen LogP) is 5.73. The first-order valence-corrected chi connectivity index (χ1v) is 8.71. The van der Waals surface area contributed by atoms with E-state index in [2.05, 4.69) is 72.2 Å². The van der Waals surface area contributed by atoms with Crippen molar-refractivity contribution in [1.29, 1.82) is 0 Å². The van der Waals surface area contributed by atoms with Gasteiger partial charge in [0.1, 0.15) is 0 Å². The zero-order valence-corrected chi connectivity index (χ0v) is 13.8. The lowest BCUT2D eigenvalue weighted by Crippen LogP contribution is -2.13. The molecule has 3 aromatic rings. The van der Waals surface area contributed by atoms with E-state index in [-0.39, 0.29) is 6.04 Å². The highest BCUT2D eigenvalue weighted by Gasteiger charge is 2.21. The highest BCUT2D eigenvalue weighted by Crippen LogP contribution is 2.36. The number of hydrogen-bond acceptors (Lipinski definition) is 3. The molecule has 0 aliphatic carbocycles. The van der Waals surface area contributed by atoms with Crippen LogP contribution in [0.25, 0.3) is 0 Å². The first kappa shape index (κ1) is 14.2. The quantitative estimate of drug-likeness (QED) is 0.640. The number of para-hydroxylation sites is 2. The molecule has 0 bridgehead atoms. The van der Waals surface area contributed by atoms with E-state index in [9.17, 15) is 0 Å². The third-order valence-corrected chi connectivity index (χ3v) is 5.14. The molecule has 23 heavy (non-hydrogen) atoms. The van der Waals surface area contributed by atoms with E-state index in [0.717, 1.165) is 23.5 Å². The van der Waals surface area contributed by atoms with Crippen LogP contribution in [-0.2, 0) is 0 Å². The van der Waals surface area contributed by atoms with E-state index in [1.807, 2.05) is 6.07 Å². The van der Waals surface area contributed by atoms with Gasteiger partial charge in [-0.15, -0.1) is 11.3 Å². The lowest BCUT2D eigenvalue weighted by Gasteiger charge is -2.17. The number of aryl methyl sites for hydroxylation is 1. The summed E-state index contributed by atoms with van der Waals surface area (Å²) in [6.45, 7) is 2.12. The molecule has 1 unspecified atom stereocenters. The van der Waals surface area contributed by atoms with Gasteiger partial charge in [0, 0.05) is 11.3 Å². The lowest BCUT2D eigenvalue weighted by atomic mass is 10.0. The molecule has 0 saturated heterocycles. The first-order valence-electron chi connectivity index (χ1n) is 7.83. The number of benzene rings is 2. The molecule has 1 atom stereocenters. The van der Waals surface area contributed by atoms with Crippen LogP contribution < -0.4 is 5.32 Å². The fourth-order valence-electron chi connectivity index (χ4n) is 2.91. The summed E-state index contributed by atoms with van der Waals surface area (Å²) in [6, 6.07) is 21.5. The second kappa shape index (κ2) is 6.01. The molecular weight excluding hydrogens is 300 g/mol. The van der Waals surface area contributed by atoms with Crippen molar-refractivity contribution in [3.8, 4) is 0 Å². The SMILES string of the molecule is Cc1ccc(C2=Nc3ccccc3NC(c3cccs3)C2)cc1. The van der Waals surface area contributed by atoms with E-state index in [1.165, 1.54) is 16.0 Å². The summed E-state index contributed by atoms with van der Waals surface area (Å²) in [5.41, 5.74) is 5.74. The summed E-state index contributed by atoms with van der Waals surface area (Å²) >= 11 is 1.80. The Kier molecular flexibility index (Phi) is 3.72. The van der Waals surface area contributed by atoms with Gasteiger partial charge < -0.3 is 5.32 Å². The standard InChI is InChI=1S/C20H18N2S/c1-14-8-10-15(11-9-14)18-13-19(20-7-4-12-23-20)22-17-6-3-2-5-16(17)21-18/h2-12,19,22H,13H2,1H3. The molecule has 1 aliphatic rings. The van der Waals surface area contributed by atoms with Gasteiger partial charge >= 0.3 is 0 Å². The van der Waals surface area contributed by atoms with Crippen molar-refractivity contribution in [2.75, 3.05) is 5.32 Å². The Hall–Kier alpha value is -2.39. The third kappa shape index (κ3) is 2.92. The smallest absolute Gasteiger partial charge is 0.0864 e. The van der Waals surface area contributed by atoms with Gasteiger partial charge in [-0.3, -0.25) is 4.99 Å². The van der Waals surface area contributed by atoms with E-state index in [1.54, 1.807) is 11.3 Å². The third-order valence-electron chi connectivity index (χ3n) is 4.16. The van der Waals surface area contributed by atoms with Gasteiger partial charge in [0.25, 0.3) is 0 Å². The summed E-state index contributed by atoms with van der Waals surface area (Å²) in [5.74, 6) is 0. The molecular formula is C20H18N2S. The minimum atomic E-state index is 0.263. The largest absolute Gasteiger partial charge is 0.375 e. The van der Waals surface area contributed by atoms with Gasteiger partial charge in [-0.1, -0.05) is 48.0 Å². The Balaban J connectivity index is 1.80. The number of anilines is 1. The number of aliphatic imine (C=N–C) groups is 1. The second-order valence-corrected chi connectivity index (χ2v) is 6.84. The van der Waals surface area contributed by atoms with E-state index < -0.39 is 0 Å². The Labute approximate surface area is 140 Å². The fraction of sp³-hybridized carbons (Fsp3) is 0.150. The van der Waals surface area contributed by atoms with Gasteiger partial charge in [-0.25, -0.2) is 0 Å². The maximum atomic E-state index is 4.96. The highest BCUT2D eigenvalue weighted by molar-refractivity contribution is 7.10. The molecule has 4 rings (SSSR count). The summed E-state index contributed by atoms with van der Waals surface area (Å²) in [4.78, 5) is 6.31. The summed E-state index contributed by atoms with van der Waals surface area (Å²) in [6.07, 6.45) is 0.887. The molecule has 0 fully saturated rings. The van der Waals surface area contributed by atoms with E-state index in [4.69, 9.17) is 4.99 Å². The molecule has 0 saturated carbocycles. The maximum Gasteiger partial charge on any atom is 0.0864 e. The van der Waals surface area contributed by atoms with Crippen LogP contribution in [0.15, 0.2) is 71.0 Å². The average Bonchev–Trinajstić information content (AvgIpc) is 3.03. The van der Waals surface area contributed by atoms with Crippen LogP contribution >= 0.6 is 11.3 Å². The van der Waals surface area contributed by atoms with Crippen LogP contribution in [0.1, 0.15) is 28.5 Å². The van der Waals surface area contributed by atoms with Crippen molar-refractivity contribution in [1.82, 2.24) is 0 Å². The van der Waals surface area contributed by atoms with Crippen LogP contribution in [-0.4, -0.2) is 5.71 Å². The number of rotatable bonds is 2. The second-order valence-electron chi connectivity index (χ2n) is 5.86. The Morgan fingerprint density at radius 3 is 2.61 bits per heavy atom. The van der Waals surface area contributed by atoms with Gasteiger partial charge in [0.05, 0.1) is 23.1 Å². The van der Waals surface area contributed by atoms with Crippen molar-refractivity contribution in [3.63, 3.8) is 0 Å². The summed E-state index contributed by atoms with van der Waals surface area (Å²) in [5, 5.41) is 5.80. The summed E-state index contributed by atoms with van der Waals surface area (Å²) in [7, 11) is 0. The zero-order chi connectivity index (χ0) is 15.6. The Bertz CT molecular complexity index is 832. The van der Waals surface area contributed by atoms with Crippen molar-refractivity contribution < 1.29 is 0 Å². The average molecular weight is 318 g/mol. The van der Waals surface area contributed by atoms with Crippen LogP contribution in [0.2, 0.25) is 0 Å². The van der Waals surface area contributed by atoms with Crippen molar-refractivity contribution >= 4 is 28.4 Å². The molecule has 0 radical (unpaired) electrons. The van der Waals surface area contributed by atoms with Crippen LogP contribution in [0.4, 0.5) is 11.4 Å². The normalized spacial score (nSPS) is 16.9. The van der Waals surface area contributed by atoms with Crippen molar-refractivity contribution in [2.24, 2.45) is 4.99 Å². The topological polar surface area (TPSA) is 24.4 Å². The van der Waals surface area contributed by atoms with Crippen molar-refractivity contribution in [2.45, 2.75) is 19.4 Å². The molecule has 1 aliphatic heterocycles. The predicted molar refractivity (Wildman–Crippen MR) is 99.1 cm³/mol. The van der Waals surface area contributed by atoms with E-state index >= 15 is 0 Å². The van der Waals surface area contributed by atoms with Crippen LogP contribution in [0.5, 0.6) is 0 Å². The number of thiophene rings is 1.